The maximum atomic E-state index is 12.7. The minimum absolute atomic E-state index is 0.0469. The van der Waals surface area contributed by atoms with Gasteiger partial charge in [0.15, 0.2) is 5.17 Å². The van der Waals surface area contributed by atoms with Crippen molar-refractivity contribution in [2.75, 3.05) is 11.9 Å². The van der Waals surface area contributed by atoms with Crippen LogP contribution in [0.5, 0.6) is 5.75 Å². The van der Waals surface area contributed by atoms with Gasteiger partial charge in [-0.05, 0) is 78.0 Å². The number of aliphatic imine (C=N–C) groups is 1. The molecule has 2 aromatic carbocycles. The monoisotopic (exact) mass is 579 g/mol. The van der Waals surface area contributed by atoms with Gasteiger partial charge in [0, 0.05) is 33.8 Å². The van der Waals surface area contributed by atoms with Gasteiger partial charge in [-0.15, -0.1) is 8.78 Å². The molecule has 6 nitrogen and oxygen atoms in total. The highest BCUT2D eigenvalue weighted by Gasteiger charge is 2.35. The van der Waals surface area contributed by atoms with Crippen LogP contribution in [0, 0.1) is 3.57 Å². The van der Waals surface area contributed by atoms with Crippen LogP contribution in [0.3, 0.4) is 0 Å². The number of hydrogen-bond acceptors (Lipinski definition) is 5. The molecule has 2 amide bonds. The number of alkyl halides is 3. The molecule has 1 aliphatic rings. The molecule has 11 heteroatoms. The smallest absolute Gasteiger partial charge is 0.420 e. The molecule has 1 N–H and O–H groups in total. The molecule has 1 heterocycles. The third-order valence-corrected chi connectivity index (χ3v) is 6.14. The van der Waals surface area contributed by atoms with Crippen molar-refractivity contribution >= 4 is 74.3 Å². The first kappa shape index (κ1) is 23.7. The topological polar surface area (TPSA) is 71.0 Å². The van der Waals surface area contributed by atoms with Crippen LogP contribution in [-0.4, -0.2) is 39.2 Å². The molecular formula is C20H17ClF2IN3O3S. The summed E-state index contributed by atoms with van der Waals surface area (Å²) in [6.45, 7) is 2.19. The normalized spacial score (nSPS) is 18.2. The predicted molar refractivity (Wildman–Crippen MR) is 126 cm³/mol. The van der Waals surface area contributed by atoms with Crippen molar-refractivity contribution in [3.05, 3.63) is 52.1 Å². The van der Waals surface area contributed by atoms with Crippen LogP contribution in [0.1, 0.15) is 13.3 Å². The quantitative estimate of drug-likeness (QED) is 0.366. The average molecular weight is 580 g/mol. The van der Waals surface area contributed by atoms with Gasteiger partial charge in [0.25, 0.3) is 0 Å². The molecule has 1 atom stereocenters. The van der Waals surface area contributed by atoms with Crippen molar-refractivity contribution in [3.8, 4) is 5.75 Å². The van der Waals surface area contributed by atoms with Crippen LogP contribution in [0.25, 0.3) is 0 Å². The second-order valence-corrected chi connectivity index (χ2v) is 9.24. The van der Waals surface area contributed by atoms with Crippen LogP contribution in [0.2, 0.25) is 0 Å². The Kier molecular flexibility index (Phi) is 7.76. The van der Waals surface area contributed by atoms with E-state index in [-0.39, 0.29) is 24.0 Å². The Hall–Kier alpha value is -1.92. The zero-order valence-corrected chi connectivity index (χ0v) is 19.9. The van der Waals surface area contributed by atoms with Crippen molar-refractivity contribution in [1.82, 2.24) is 4.90 Å². The predicted octanol–water partition coefficient (Wildman–Crippen LogP) is 5.44. The lowest BCUT2D eigenvalue weighted by Crippen LogP contribution is -2.45. The number of ether oxygens (including phenoxy) is 1. The van der Waals surface area contributed by atoms with Gasteiger partial charge in [-0.1, -0.05) is 11.8 Å². The van der Waals surface area contributed by atoms with Crippen molar-refractivity contribution in [2.24, 2.45) is 4.99 Å². The van der Waals surface area contributed by atoms with E-state index in [0.29, 0.717) is 23.1 Å². The van der Waals surface area contributed by atoms with Gasteiger partial charge < -0.3 is 10.1 Å². The van der Waals surface area contributed by atoms with Crippen molar-refractivity contribution in [1.29, 1.82) is 0 Å². The third-order valence-electron chi connectivity index (χ3n) is 4.16. The maximum absolute atomic E-state index is 12.7. The number of rotatable bonds is 6. The highest BCUT2D eigenvalue weighted by Crippen LogP contribution is 2.31. The largest absolute Gasteiger partial charge is 0.487 e. The molecule has 1 saturated heterocycles. The second-order valence-electron chi connectivity index (χ2n) is 6.38. The fourth-order valence-electron chi connectivity index (χ4n) is 2.74. The van der Waals surface area contributed by atoms with E-state index in [1.807, 2.05) is 12.1 Å². The summed E-state index contributed by atoms with van der Waals surface area (Å²) in [6.07, 6.45) is 0.0469. The van der Waals surface area contributed by atoms with Crippen LogP contribution in [0.15, 0.2) is 53.5 Å². The number of anilines is 1. The fourth-order valence-corrected chi connectivity index (χ4v) is 4.35. The molecule has 0 saturated carbocycles. The van der Waals surface area contributed by atoms with Gasteiger partial charge in [0.05, 0.1) is 5.69 Å². The lowest BCUT2D eigenvalue weighted by molar-refractivity contribution is -0.129. The van der Waals surface area contributed by atoms with E-state index in [1.54, 1.807) is 19.1 Å². The van der Waals surface area contributed by atoms with Crippen LogP contribution in [0.4, 0.5) is 20.2 Å². The van der Waals surface area contributed by atoms with Gasteiger partial charge in [0.1, 0.15) is 11.0 Å². The molecule has 31 heavy (non-hydrogen) atoms. The van der Waals surface area contributed by atoms with E-state index in [1.165, 1.54) is 40.9 Å². The number of thioether (sulfide) groups is 1. The average Bonchev–Trinajstić information content (AvgIpc) is 2.70. The minimum Gasteiger partial charge on any atom is -0.420 e. The van der Waals surface area contributed by atoms with Crippen LogP contribution in [-0.2, 0) is 9.59 Å². The molecule has 0 aliphatic carbocycles. The van der Waals surface area contributed by atoms with Crippen LogP contribution < -0.4 is 10.1 Å². The summed E-state index contributed by atoms with van der Waals surface area (Å²) in [5.74, 6) is -0.640. The van der Waals surface area contributed by atoms with Gasteiger partial charge in [0.2, 0.25) is 11.8 Å². The molecule has 0 aromatic heterocycles. The molecule has 1 aliphatic heterocycles. The number of carbonyl (C=O) groups is 2. The molecular weight excluding hydrogens is 563 g/mol. The van der Waals surface area contributed by atoms with E-state index < -0.39 is 10.8 Å². The molecule has 0 bridgehead atoms. The highest BCUT2D eigenvalue weighted by atomic mass is 127. The van der Waals surface area contributed by atoms with Crippen molar-refractivity contribution in [3.63, 3.8) is 0 Å². The number of hydrogen-bond donors (Lipinski definition) is 1. The van der Waals surface area contributed by atoms with Gasteiger partial charge in [-0.3, -0.25) is 14.5 Å². The van der Waals surface area contributed by atoms with Crippen LogP contribution >= 0.6 is 46.0 Å². The summed E-state index contributed by atoms with van der Waals surface area (Å²) in [6, 6.07) is 12.8. The van der Waals surface area contributed by atoms with Crippen molar-refractivity contribution in [2.45, 2.75) is 24.2 Å². The summed E-state index contributed by atoms with van der Waals surface area (Å²) in [5.41, 5.74) is -2.75. The first-order valence-corrected chi connectivity index (χ1v) is 11.5. The summed E-state index contributed by atoms with van der Waals surface area (Å²) in [5, 5.41) is 2.53. The first-order chi connectivity index (χ1) is 14.6. The lowest BCUT2D eigenvalue weighted by Gasteiger charge is -2.30. The van der Waals surface area contributed by atoms with E-state index in [9.17, 15) is 18.4 Å². The highest BCUT2D eigenvalue weighted by molar-refractivity contribution is 14.1. The number of nitrogens with one attached hydrogen (secondary N) is 1. The third kappa shape index (κ3) is 6.78. The van der Waals surface area contributed by atoms with E-state index in [4.69, 9.17) is 11.6 Å². The Labute approximate surface area is 200 Å². The van der Waals surface area contributed by atoms with Gasteiger partial charge in [-0.2, -0.15) is 0 Å². The lowest BCUT2D eigenvalue weighted by atomic mass is 10.2. The summed E-state index contributed by atoms with van der Waals surface area (Å²) in [4.78, 5) is 31.2. The van der Waals surface area contributed by atoms with Crippen molar-refractivity contribution < 1.29 is 23.1 Å². The Bertz CT molecular complexity index is 985. The standard InChI is InChI=1S/C20H17ClF2IN3O3S/c1-2-27-17(28)11-16(18(29)25-13-5-3-12(24)4-6-13)31-19(27)26-14-7-9-15(10-8-14)30-20(21,22)23/h3-10,16H,2,11H2,1H3,(H,25,29)/t16-/m0/s1. The minimum atomic E-state index is -3.81. The Balaban J connectivity index is 1.76. The number of carbonyl (C=O) groups excluding carboxylic acids is 2. The Morgan fingerprint density at radius 3 is 2.52 bits per heavy atom. The molecule has 164 valence electrons. The molecule has 2 aromatic rings. The first-order valence-electron chi connectivity index (χ1n) is 9.12. The molecule has 0 spiro atoms. The number of halogens is 4. The van der Waals surface area contributed by atoms with E-state index in [2.05, 4.69) is 37.6 Å². The van der Waals surface area contributed by atoms with Gasteiger partial charge in [-0.25, -0.2) is 4.99 Å². The number of amides is 2. The zero-order valence-electron chi connectivity index (χ0n) is 16.1. The zero-order chi connectivity index (χ0) is 22.6. The molecule has 0 radical (unpaired) electrons. The molecule has 3 rings (SSSR count). The molecule has 0 unspecified atom stereocenters. The Morgan fingerprint density at radius 2 is 1.94 bits per heavy atom. The van der Waals surface area contributed by atoms with E-state index in [0.717, 1.165) is 3.57 Å². The maximum Gasteiger partial charge on any atom is 0.487 e. The Morgan fingerprint density at radius 1 is 1.29 bits per heavy atom. The summed E-state index contributed by atoms with van der Waals surface area (Å²) >= 11 is 8.11. The number of amidine groups is 1. The van der Waals surface area contributed by atoms with E-state index >= 15 is 0 Å². The summed E-state index contributed by atoms with van der Waals surface area (Å²) in [7, 11) is 0. The summed E-state index contributed by atoms with van der Waals surface area (Å²) < 4.78 is 30.8. The van der Waals surface area contributed by atoms with Gasteiger partial charge >= 0.3 is 5.57 Å². The second kappa shape index (κ2) is 10.1. The number of nitrogens with zero attached hydrogens (tertiary/aromatic N) is 2. The number of benzene rings is 2. The SMILES string of the molecule is CCN1C(=O)C[C@@H](C(=O)Nc2ccc(I)cc2)SC1=Nc1ccc(OC(F)(F)Cl)cc1. The fraction of sp³-hybridized carbons (Fsp3) is 0.250. The molecule has 1 fully saturated rings.